The molecule has 1 heterocycles. The Morgan fingerprint density at radius 1 is 1.64 bits per heavy atom. The van der Waals surface area contributed by atoms with Crippen LogP contribution in [0.3, 0.4) is 0 Å². The summed E-state index contributed by atoms with van der Waals surface area (Å²) >= 11 is 5.33. The lowest BCUT2D eigenvalue weighted by Gasteiger charge is -2.26. The zero-order valence-corrected chi connectivity index (χ0v) is 9.90. The maximum Gasteiger partial charge on any atom is 0.169 e. The predicted molar refractivity (Wildman–Crippen MR) is 62.5 cm³/mol. The standard InChI is InChI=1S/C10H20N2OS/c1-3-9-5-4-7-12(9)10(14)11-6-8-13-2/h9H,3-8H2,1-2H3,(H,11,14). The van der Waals surface area contributed by atoms with Crippen LogP contribution in [-0.2, 0) is 4.74 Å². The molecule has 1 rings (SSSR count). The summed E-state index contributed by atoms with van der Waals surface area (Å²) in [5.41, 5.74) is 0. The molecule has 14 heavy (non-hydrogen) atoms. The summed E-state index contributed by atoms with van der Waals surface area (Å²) in [6.07, 6.45) is 3.74. The third kappa shape index (κ3) is 3.10. The van der Waals surface area contributed by atoms with E-state index in [1.165, 1.54) is 19.3 Å². The molecule has 0 aromatic heterocycles. The summed E-state index contributed by atoms with van der Waals surface area (Å²) in [7, 11) is 1.70. The van der Waals surface area contributed by atoms with Crippen LogP contribution in [0.4, 0.5) is 0 Å². The van der Waals surface area contributed by atoms with E-state index in [1.807, 2.05) is 0 Å². The molecular formula is C10H20N2OS. The molecule has 0 bridgehead atoms. The van der Waals surface area contributed by atoms with Gasteiger partial charge in [-0.3, -0.25) is 0 Å². The lowest BCUT2D eigenvalue weighted by molar-refractivity contribution is 0.202. The smallest absolute Gasteiger partial charge is 0.169 e. The number of rotatable bonds is 4. The number of nitrogens with one attached hydrogen (secondary N) is 1. The molecule has 1 fully saturated rings. The van der Waals surface area contributed by atoms with Gasteiger partial charge in [0, 0.05) is 26.2 Å². The van der Waals surface area contributed by atoms with E-state index in [2.05, 4.69) is 17.1 Å². The van der Waals surface area contributed by atoms with E-state index >= 15 is 0 Å². The average Bonchev–Trinajstić information content (AvgIpc) is 2.65. The third-order valence-electron chi connectivity index (χ3n) is 2.69. The van der Waals surface area contributed by atoms with Crippen molar-refractivity contribution in [3.05, 3.63) is 0 Å². The molecule has 1 saturated heterocycles. The minimum atomic E-state index is 0.651. The van der Waals surface area contributed by atoms with Gasteiger partial charge in [-0.25, -0.2) is 0 Å². The maximum atomic E-state index is 5.33. The van der Waals surface area contributed by atoms with Crippen molar-refractivity contribution in [1.29, 1.82) is 0 Å². The molecule has 82 valence electrons. The second-order valence-corrected chi connectivity index (χ2v) is 4.01. The number of ether oxygens (including phenoxy) is 1. The van der Waals surface area contributed by atoms with Gasteiger partial charge in [0.15, 0.2) is 5.11 Å². The van der Waals surface area contributed by atoms with Crippen molar-refractivity contribution < 1.29 is 4.74 Å². The molecule has 0 radical (unpaired) electrons. The molecule has 0 spiro atoms. The summed E-state index contributed by atoms with van der Waals surface area (Å²) in [6.45, 7) is 4.85. The number of hydrogen-bond acceptors (Lipinski definition) is 2. The Morgan fingerprint density at radius 3 is 3.07 bits per heavy atom. The van der Waals surface area contributed by atoms with Crippen LogP contribution in [-0.4, -0.2) is 42.9 Å². The highest BCUT2D eigenvalue weighted by atomic mass is 32.1. The molecule has 0 aliphatic carbocycles. The number of likely N-dealkylation sites (tertiary alicyclic amines) is 1. The van der Waals surface area contributed by atoms with Gasteiger partial charge in [-0.2, -0.15) is 0 Å². The number of methoxy groups -OCH3 is 1. The monoisotopic (exact) mass is 216 g/mol. The highest BCUT2D eigenvalue weighted by Crippen LogP contribution is 2.19. The zero-order chi connectivity index (χ0) is 10.4. The first-order valence-electron chi connectivity index (χ1n) is 5.33. The van der Waals surface area contributed by atoms with E-state index in [1.54, 1.807) is 7.11 Å². The summed E-state index contributed by atoms with van der Waals surface area (Å²) in [5.74, 6) is 0. The van der Waals surface area contributed by atoms with E-state index in [4.69, 9.17) is 17.0 Å². The van der Waals surface area contributed by atoms with Gasteiger partial charge in [0.1, 0.15) is 0 Å². The van der Waals surface area contributed by atoms with E-state index < -0.39 is 0 Å². The number of thiocarbonyl (C=S) groups is 1. The second-order valence-electron chi connectivity index (χ2n) is 3.62. The predicted octanol–water partition coefficient (Wildman–Crippen LogP) is 1.38. The lowest BCUT2D eigenvalue weighted by atomic mass is 10.2. The van der Waals surface area contributed by atoms with Crippen molar-refractivity contribution in [3.8, 4) is 0 Å². The summed E-state index contributed by atoms with van der Waals surface area (Å²) in [6, 6.07) is 0.651. The SMILES string of the molecule is CCC1CCCN1C(=S)NCCOC. The van der Waals surface area contributed by atoms with Crippen LogP contribution >= 0.6 is 12.2 Å². The second kappa shape index (κ2) is 6.19. The molecule has 0 amide bonds. The molecule has 1 N–H and O–H groups in total. The Bertz CT molecular complexity index is 187. The van der Waals surface area contributed by atoms with Gasteiger partial charge >= 0.3 is 0 Å². The van der Waals surface area contributed by atoms with Crippen molar-refractivity contribution in [2.75, 3.05) is 26.8 Å². The van der Waals surface area contributed by atoms with Crippen LogP contribution in [0.1, 0.15) is 26.2 Å². The van der Waals surface area contributed by atoms with Crippen LogP contribution in [0.15, 0.2) is 0 Å². The lowest BCUT2D eigenvalue weighted by Crippen LogP contribution is -2.43. The van der Waals surface area contributed by atoms with Gasteiger partial charge in [0.25, 0.3) is 0 Å². The Hall–Kier alpha value is -0.350. The minimum absolute atomic E-state index is 0.651. The van der Waals surface area contributed by atoms with Gasteiger partial charge < -0.3 is 15.0 Å². The minimum Gasteiger partial charge on any atom is -0.383 e. The van der Waals surface area contributed by atoms with Gasteiger partial charge in [0.05, 0.1) is 6.61 Å². The quantitative estimate of drug-likeness (QED) is 0.567. The molecule has 0 saturated carbocycles. The van der Waals surface area contributed by atoms with Gasteiger partial charge in [-0.05, 0) is 31.5 Å². The first-order valence-corrected chi connectivity index (χ1v) is 5.73. The highest BCUT2D eigenvalue weighted by Gasteiger charge is 2.24. The van der Waals surface area contributed by atoms with Crippen LogP contribution in [0, 0.1) is 0 Å². The van der Waals surface area contributed by atoms with E-state index in [9.17, 15) is 0 Å². The molecule has 0 aromatic rings. The van der Waals surface area contributed by atoms with Crippen molar-refractivity contribution >= 4 is 17.3 Å². The van der Waals surface area contributed by atoms with Crippen LogP contribution in [0.2, 0.25) is 0 Å². The molecule has 0 aromatic carbocycles. The summed E-state index contributed by atoms with van der Waals surface area (Å²) < 4.78 is 4.97. The molecule has 4 heteroatoms. The molecule has 1 atom stereocenters. The van der Waals surface area contributed by atoms with Gasteiger partial charge in [0.2, 0.25) is 0 Å². The molecule has 1 aliphatic heterocycles. The highest BCUT2D eigenvalue weighted by molar-refractivity contribution is 7.80. The largest absolute Gasteiger partial charge is 0.383 e. The first-order chi connectivity index (χ1) is 6.79. The third-order valence-corrected chi connectivity index (χ3v) is 3.07. The maximum absolute atomic E-state index is 5.33. The van der Waals surface area contributed by atoms with Crippen molar-refractivity contribution in [2.45, 2.75) is 32.2 Å². The number of nitrogens with zero attached hydrogens (tertiary/aromatic N) is 1. The molecule has 1 unspecified atom stereocenters. The fraction of sp³-hybridized carbons (Fsp3) is 0.900. The Kier molecular flexibility index (Phi) is 5.19. The van der Waals surface area contributed by atoms with Gasteiger partial charge in [-0.1, -0.05) is 6.92 Å². The van der Waals surface area contributed by atoms with Crippen molar-refractivity contribution in [1.82, 2.24) is 10.2 Å². The first kappa shape index (κ1) is 11.7. The number of hydrogen-bond donors (Lipinski definition) is 1. The van der Waals surface area contributed by atoms with Crippen LogP contribution < -0.4 is 5.32 Å². The summed E-state index contributed by atoms with van der Waals surface area (Å²) in [4.78, 5) is 2.31. The molecule has 1 aliphatic rings. The van der Waals surface area contributed by atoms with Crippen LogP contribution in [0.5, 0.6) is 0 Å². The Labute approximate surface area is 91.8 Å². The van der Waals surface area contributed by atoms with Gasteiger partial charge in [-0.15, -0.1) is 0 Å². The molecular weight excluding hydrogens is 196 g/mol. The normalized spacial score (nSPS) is 21.3. The summed E-state index contributed by atoms with van der Waals surface area (Å²) in [5, 5.41) is 4.12. The van der Waals surface area contributed by atoms with Crippen molar-refractivity contribution in [3.63, 3.8) is 0 Å². The Morgan fingerprint density at radius 2 is 2.43 bits per heavy atom. The van der Waals surface area contributed by atoms with E-state index in [-0.39, 0.29) is 0 Å². The zero-order valence-electron chi connectivity index (χ0n) is 9.08. The topological polar surface area (TPSA) is 24.5 Å². The Balaban J connectivity index is 2.28. The van der Waals surface area contributed by atoms with E-state index in [0.29, 0.717) is 12.6 Å². The molecule has 3 nitrogen and oxygen atoms in total. The van der Waals surface area contributed by atoms with Crippen molar-refractivity contribution in [2.24, 2.45) is 0 Å². The fourth-order valence-corrected chi connectivity index (χ4v) is 2.23. The van der Waals surface area contributed by atoms with E-state index in [0.717, 1.165) is 18.2 Å². The van der Waals surface area contributed by atoms with Crippen LogP contribution in [0.25, 0.3) is 0 Å². The average molecular weight is 216 g/mol. The fourth-order valence-electron chi connectivity index (χ4n) is 1.89.